The van der Waals surface area contributed by atoms with E-state index in [1.54, 1.807) is 7.05 Å². The minimum atomic E-state index is 0.619. The summed E-state index contributed by atoms with van der Waals surface area (Å²) in [6, 6.07) is 0. The maximum Gasteiger partial charge on any atom is 0.152 e. The lowest BCUT2D eigenvalue weighted by molar-refractivity contribution is 0.646. The summed E-state index contributed by atoms with van der Waals surface area (Å²) < 4.78 is 0.778. The lowest BCUT2D eigenvalue weighted by Crippen LogP contribution is -1.91. The first-order valence-electron chi connectivity index (χ1n) is 2.40. The van der Waals surface area contributed by atoms with Crippen LogP contribution >= 0.6 is 28.6 Å². The smallest absolute Gasteiger partial charge is 0.152 e. The zero-order valence-electron chi connectivity index (χ0n) is 4.87. The summed E-state index contributed by atoms with van der Waals surface area (Å²) in [6.07, 6.45) is 0. The molecule has 0 saturated carbocycles. The fourth-order valence-corrected chi connectivity index (χ4v) is 1.40. The molecule has 3 nitrogen and oxygen atoms in total. The normalized spacial score (nSPS) is 10.1. The first-order chi connectivity index (χ1) is 4.24. The zero-order chi connectivity index (χ0) is 6.85. The third-order valence-electron chi connectivity index (χ3n) is 0.886. The minimum Gasteiger partial charge on any atom is -0.187 e. The Morgan fingerprint density at radius 3 is 2.56 bits per heavy atom. The van der Waals surface area contributed by atoms with E-state index in [1.165, 1.54) is 4.80 Å². The van der Waals surface area contributed by atoms with Crippen LogP contribution in [0.15, 0.2) is 4.60 Å². The van der Waals surface area contributed by atoms with Gasteiger partial charge in [0.2, 0.25) is 0 Å². The largest absolute Gasteiger partial charge is 0.187 e. The molecule has 0 saturated heterocycles. The molecule has 0 spiro atoms. The molecule has 0 aromatic carbocycles. The van der Waals surface area contributed by atoms with Crippen LogP contribution < -0.4 is 0 Å². The molecule has 0 N–H and O–H groups in total. The number of aryl methyl sites for hydroxylation is 1. The number of rotatable bonds is 1. The molecule has 0 fully saturated rings. The summed E-state index contributed by atoms with van der Waals surface area (Å²) >= 11 is 7.28. The molecule has 50 valence electrons. The highest BCUT2D eigenvalue weighted by Crippen LogP contribution is 2.11. The highest BCUT2D eigenvalue weighted by atomic mass is 79.9. The summed E-state index contributed by atoms with van der Waals surface area (Å²) in [5.74, 6) is 0.619. The lowest BCUT2D eigenvalue weighted by atomic mass is 10.6. The van der Waals surface area contributed by atoms with Gasteiger partial charge in [0.1, 0.15) is 5.69 Å². The average Bonchev–Trinajstić information content (AvgIpc) is 2.10. The van der Waals surface area contributed by atoms with E-state index >= 15 is 0 Å². The number of hydrogen-bond donors (Lipinski definition) is 1. The van der Waals surface area contributed by atoms with Crippen molar-refractivity contribution in [3.05, 3.63) is 10.3 Å². The topological polar surface area (TPSA) is 30.7 Å². The van der Waals surface area contributed by atoms with Gasteiger partial charge in [-0.25, -0.2) is 0 Å². The quantitative estimate of drug-likeness (QED) is 0.698. The number of aromatic nitrogens is 3. The molecular weight excluding hydrogens is 202 g/mol. The number of nitrogens with zero attached hydrogens (tertiary/aromatic N) is 3. The van der Waals surface area contributed by atoms with Crippen LogP contribution in [-0.4, -0.2) is 15.0 Å². The van der Waals surface area contributed by atoms with Crippen LogP contribution in [0, 0.1) is 0 Å². The maximum absolute atomic E-state index is 4.05. The molecule has 0 atom stereocenters. The molecule has 1 aromatic rings. The van der Waals surface area contributed by atoms with E-state index in [2.05, 4.69) is 38.8 Å². The van der Waals surface area contributed by atoms with E-state index in [9.17, 15) is 0 Å². The Morgan fingerprint density at radius 2 is 2.33 bits per heavy atom. The molecule has 0 aliphatic carbocycles. The number of halogens is 1. The van der Waals surface area contributed by atoms with Gasteiger partial charge in [-0.3, -0.25) is 0 Å². The number of thiol groups is 1. The Bertz CT molecular complexity index is 210. The summed E-state index contributed by atoms with van der Waals surface area (Å²) in [7, 11) is 1.78. The predicted molar refractivity (Wildman–Crippen MR) is 41.4 cm³/mol. The van der Waals surface area contributed by atoms with Crippen LogP contribution in [0.2, 0.25) is 0 Å². The Kier molecular flexibility index (Phi) is 2.13. The van der Waals surface area contributed by atoms with Crippen LogP contribution in [0.4, 0.5) is 0 Å². The van der Waals surface area contributed by atoms with E-state index in [0.29, 0.717) is 5.75 Å². The second-order valence-electron chi connectivity index (χ2n) is 1.59. The van der Waals surface area contributed by atoms with Crippen molar-refractivity contribution in [1.29, 1.82) is 0 Å². The third-order valence-corrected chi connectivity index (χ3v) is 1.80. The SMILES string of the molecule is Cn1nc(Br)c(CS)n1. The molecule has 1 aromatic heterocycles. The van der Waals surface area contributed by atoms with E-state index in [-0.39, 0.29) is 0 Å². The van der Waals surface area contributed by atoms with Crippen molar-refractivity contribution in [2.24, 2.45) is 7.05 Å². The van der Waals surface area contributed by atoms with Gasteiger partial charge in [-0.15, -0.1) is 5.10 Å². The second kappa shape index (κ2) is 2.70. The van der Waals surface area contributed by atoms with Gasteiger partial charge in [0.05, 0.1) is 0 Å². The van der Waals surface area contributed by atoms with Crippen LogP contribution in [0.25, 0.3) is 0 Å². The van der Waals surface area contributed by atoms with Gasteiger partial charge in [0.25, 0.3) is 0 Å². The van der Waals surface area contributed by atoms with Gasteiger partial charge < -0.3 is 0 Å². The molecule has 0 bridgehead atoms. The van der Waals surface area contributed by atoms with Gasteiger partial charge in [0.15, 0.2) is 4.60 Å². The molecular formula is C4H6BrN3S. The van der Waals surface area contributed by atoms with Gasteiger partial charge in [-0.05, 0) is 15.9 Å². The van der Waals surface area contributed by atoms with Crippen molar-refractivity contribution in [3.63, 3.8) is 0 Å². The van der Waals surface area contributed by atoms with Crippen LogP contribution in [-0.2, 0) is 12.8 Å². The molecule has 0 unspecified atom stereocenters. The van der Waals surface area contributed by atoms with Crippen LogP contribution in [0.3, 0.4) is 0 Å². The van der Waals surface area contributed by atoms with Gasteiger partial charge in [-0.2, -0.15) is 22.5 Å². The first-order valence-corrected chi connectivity index (χ1v) is 3.83. The van der Waals surface area contributed by atoms with Gasteiger partial charge in [0, 0.05) is 12.8 Å². The fourth-order valence-electron chi connectivity index (χ4n) is 0.520. The molecule has 9 heavy (non-hydrogen) atoms. The monoisotopic (exact) mass is 207 g/mol. The van der Waals surface area contributed by atoms with Crippen molar-refractivity contribution in [2.75, 3.05) is 0 Å². The van der Waals surface area contributed by atoms with Crippen molar-refractivity contribution in [2.45, 2.75) is 5.75 Å². The molecule has 0 radical (unpaired) electrons. The molecule has 0 amide bonds. The second-order valence-corrected chi connectivity index (χ2v) is 2.65. The standard InChI is InChI=1S/C4H6BrN3S/c1-8-6-3(2-9)4(5)7-8/h9H,2H2,1H3. The first kappa shape index (κ1) is 7.08. The van der Waals surface area contributed by atoms with Gasteiger partial charge in [-0.1, -0.05) is 0 Å². The van der Waals surface area contributed by atoms with Crippen molar-refractivity contribution in [3.8, 4) is 0 Å². The number of hydrogen-bond acceptors (Lipinski definition) is 3. The molecule has 1 heterocycles. The van der Waals surface area contributed by atoms with Crippen LogP contribution in [0.5, 0.6) is 0 Å². The molecule has 0 aliphatic heterocycles. The van der Waals surface area contributed by atoms with E-state index < -0.39 is 0 Å². The minimum absolute atomic E-state index is 0.619. The van der Waals surface area contributed by atoms with E-state index in [0.717, 1.165) is 10.3 Å². The zero-order valence-corrected chi connectivity index (χ0v) is 7.35. The molecule has 5 heteroatoms. The molecule has 0 aliphatic rings. The predicted octanol–water partition coefficient (Wildman–Crippen LogP) is 1.01. The Morgan fingerprint density at radius 1 is 1.67 bits per heavy atom. The maximum atomic E-state index is 4.05. The Hall–Kier alpha value is -0.0300. The van der Waals surface area contributed by atoms with Crippen molar-refractivity contribution < 1.29 is 0 Å². The van der Waals surface area contributed by atoms with Crippen molar-refractivity contribution >= 4 is 28.6 Å². The van der Waals surface area contributed by atoms with E-state index in [1.807, 2.05) is 0 Å². The highest BCUT2D eigenvalue weighted by molar-refractivity contribution is 9.10. The third kappa shape index (κ3) is 1.46. The fraction of sp³-hybridized carbons (Fsp3) is 0.500. The Labute approximate surface area is 67.0 Å². The Balaban J connectivity index is 3.01. The van der Waals surface area contributed by atoms with Gasteiger partial charge >= 0.3 is 0 Å². The average molecular weight is 208 g/mol. The molecule has 1 rings (SSSR count). The highest BCUT2D eigenvalue weighted by Gasteiger charge is 2.01. The summed E-state index contributed by atoms with van der Waals surface area (Å²) in [5.41, 5.74) is 0.876. The summed E-state index contributed by atoms with van der Waals surface area (Å²) in [6.45, 7) is 0. The lowest BCUT2D eigenvalue weighted by Gasteiger charge is -1.81. The summed E-state index contributed by atoms with van der Waals surface area (Å²) in [5, 5.41) is 7.97. The van der Waals surface area contributed by atoms with Crippen LogP contribution in [0.1, 0.15) is 5.69 Å². The summed E-state index contributed by atoms with van der Waals surface area (Å²) in [4.78, 5) is 1.51. The van der Waals surface area contributed by atoms with E-state index in [4.69, 9.17) is 0 Å². The van der Waals surface area contributed by atoms with Crippen molar-refractivity contribution in [1.82, 2.24) is 15.0 Å².